The van der Waals surface area contributed by atoms with Crippen LogP contribution in [0.3, 0.4) is 0 Å². The van der Waals surface area contributed by atoms with Crippen LogP contribution in [-0.2, 0) is 19.1 Å². The maximum Gasteiger partial charge on any atom is 0.330 e. The topological polar surface area (TPSA) is 84.9 Å². The van der Waals surface area contributed by atoms with Crippen LogP contribution < -0.4 is 5.32 Å². The van der Waals surface area contributed by atoms with Gasteiger partial charge in [0.25, 0.3) is 5.91 Å². The molecule has 2 N–H and O–H groups in total. The van der Waals surface area contributed by atoms with E-state index in [0.29, 0.717) is 18.8 Å². The number of carboxylic acid groups (broad SMARTS) is 1. The third kappa shape index (κ3) is 3.52. The van der Waals surface area contributed by atoms with Crippen molar-refractivity contribution < 1.29 is 24.2 Å². The minimum atomic E-state index is -1.11. The summed E-state index contributed by atoms with van der Waals surface area (Å²) in [6.07, 6.45) is -0.751. The maximum atomic E-state index is 11.9. The Balaban J connectivity index is 2.04. The molecular weight excluding hydrogens is 250 g/mol. The molecular formula is C13H15NO5. The molecule has 6 nitrogen and oxygen atoms in total. The summed E-state index contributed by atoms with van der Waals surface area (Å²) in [5, 5.41) is 11.6. The third-order valence-corrected chi connectivity index (χ3v) is 2.77. The van der Waals surface area contributed by atoms with Crippen molar-refractivity contribution in [3.63, 3.8) is 0 Å². The van der Waals surface area contributed by atoms with E-state index < -0.39 is 24.0 Å². The molecule has 1 amide bonds. The number of amides is 1. The molecule has 1 fully saturated rings. The van der Waals surface area contributed by atoms with E-state index in [9.17, 15) is 14.7 Å². The number of carbonyl (C=O) groups is 2. The quantitative estimate of drug-likeness (QED) is 0.820. The molecule has 2 atom stereocenters. The SMILES string of the molecule is O=C(N[C@H](C(=O)O)c1ccccc1)C1COCCO1. The molecule has 0 saturated carbocycles. The number of aliphatic carboxylic acids is 1. The fourth-order valence-electron chi connectivity index (χ4n) is 1.81. The summed E-state index contributed by atoms with van der Waals surface area (Å²) >= 11 is 0. The van der Waals surface area contributed by atoms with Crippen molar-refractivity contribution >= 4 is 11.9 Å². The Labute approximate surface area is 110 Å². The Hall–Kier alpha value is -1.92. The van der Waals surface area contributed by atoms with Crippen LogP contribution in [0.4, 0.5) is 0 Å². The molecule has 1 aromatic rings. The highest BCUT2D eigenvalue weighted by molar-refractivity contribution is 5.87. The minimum absolute atomic E-state index is 0.146. The van der Waals surface area contributed by atoms with Crippen molar-refractivity contribution in [2.75, 3.05) is 19.8 Å². The largest absolute Gasteiger partial charge is 0.479 e. The molecule has 2 rings (SSSR count). The molecule has 0 aliphatic carbocycles. The van der Waals surface area contributed by atoms with Gasteiger partial charge in [-0.1, -0.05) is 30.3 Å². The summed E-state index contributed by atoms with van der Waals surface area (Å²) in [6, 6.07) is 7.44. The highest BCUT2D eigenvalue weighted by Crippen LogP contribution is 2.13. The first-order valence-corrected chi connectivity index (χ1v) is 5.96. The molecule has 1 heterocycles. The lowest BCUT2D eigenvalue weighted by molar-refractivity contribution is -0.152. The van der Waals surface area contributed by atoms with E-state index in [1.807, 2.05) is 0 Å². The van der Waals surface area contributed by atoms with Crippen molar-refractivity contribution in [1.29, 1.82) is 0 Å². The Morgan fingerprint density at radius 2 is 2.00 bits per heavy atom. The maximum absolute atomic E-state index is 11.9. The zero-order chi connectivity index (χ0) is 13.7. The van der Waals surface area contributed by atoms with Gasteiger partial charge in [0.1, 0.15) is 0 Å². The summed E-state index contributed by atoms with van der Waals surface area (Å²) in [7, 11) is 0. The van der Waals surface area contributed by atoms with Gasteiger partial charge < -0.3 is 19.9 Å². The first-order chi connectivity index (χ1) is 9.18. The van der Waals surface area contributed by atoms with E-state index in [-0.39, 0.29) is 6.61 Å². The van der Waals surface area contributed by atoms with Gasteiger partial charge in [-0.25, -0.2) is 4.79 Å². The molecule has 1 aliphatic rings. The highest BCUT2D eigenvalue weighted by Gasteiger charge is 2.28. The fourth-order valence-corrected chi connectivity index (χ4v) is 1.81. The van der Waals surface area contributed by atoms with E-state index in [2.05, 4.69) is 5.32 Å². The number of hydrogen-bond donors (Lipinski definition) is 2. The molecule has 0 spiro atoms. The van der Waals surface area contributed by atoms with Crippen LogP contribution in [-0.4, -0.2) is 42.9 Å². The third-order valence-electron chi connectivity index (χ3n) is 2.77. The number of rotatable bonds is 4. The van der Waals surface area contributed by atoms with E-state index in [4.69, 9.17) is 9.47 Å². The number of ether oxygens (including phenoxy) is 2. The van der Waals surface area contributed by atoms with E-state index in [1.54, 1.807) is 30.3 Å². The fraction of sp³-hybridized carbons (Fsp3) is 0.385. The number of carbonyl (C=O) groups excluding carboxylic acids is 1. The average Bonchev–Trinajstić information content (AvgIpc) is 2.46. The molecule has 102 valence electrons. The molecule has 19 heavy (non-hydrogen) atoms. The van der Waals surface area contributed by atoms with Gasteiger partial charge in [-0.3, -0.25) is 4.79 Å². The van der Waals surface area contributed by atoms with Crippen molar-refractivity contribution in [2.24, 2.45) is 0 Å². The molecule has 1 unspecified atom stereocenters. The van der Waals surface area contributed by atoms with Gasteiger partial charge >= 0.3 is 5.97 Å². The van der Waals surface area contributed by atoms with Gasteiger partial charge in [0, 0.05) is 0 Å². The molecule has 0 bridgehead atoms. The van der Waals surface area contributed by atoms with Crippen LogP contribution in [0, 0.1) is 0 Å². The number of carboxylic acids is 1. The second-order valence-corrected chi connectivity index (χ2v) is 4.12. The molecule has 6 heteroatoms. The Morgan fingerprint density at radius 3 is 2.58 bits per heavy atom. The normalized spacial score (nSPS) is 20.5. The lowest BCUT2D eigenvalue weighted by atomic mass is 10.1. The smallest absolute Gasteiger partial charge is 0.330 e. The van der Waals surface area contributed by atoms with Crippen molar-refractivity contribution in [3.05, 3.63) is 35.9 Å². The van der Waals surface area contributed by atoms with E-state index >= 15 is 0 Å². The Kier molecular flexibility index (Phi) is 4.48. The van der Waals surface area contributed by atoms with Crippen LogP contribution in [0.1, 0.15) is 11.6 Å². The van der Waals surface area contributed by atoms with E-state index in [0.717, 1.165) is 0 Å². The molecule has 1 aromatic carbocycles. The lowest BCUT2D eigenvalue weighted by Crippen LogP contribution is -2.45. The zero-order valence-electron chi connectivity index (χ0n) is 10.2. The summed E-state index contributed by atoms with van der Waals surface area (Å²) in [5.74, 6) is -1.59. The minimum Gasteiger partial charge on any atom is -0.479 e. The first kappa shape index (κ1) is 13.5. The highest BCUT2D eigenvalue weighted by atomic mass is 16.6. The van der Waals surface area contributed by atoms with Gasteiger partial charge in [0.15, 0.2) is 12.1 Å². The number of hydrogen-bond acceptors (Lipinski definition) is 4. The predicted molar refractivity (Wildman–Crippen MR) is 65.5 cm³/mol. The summed E-state index contributed by atoms with van der Waals surface area (Å²) in [6.45, 7) is 0.930. The van der Waals surface area contributed by atoms with Gasteiger partial charge in [0.2, 0.25) is 0 Å². The molecule has 1 aliphatic heterocycles. The summed E-state index contributed by atoms with van der Waals surface area (Å²) in [5.41, 5.74) is 0.514. The van der Waals surface area contributed by atoms with Gasteiger partial charge in [0.05, 0.1) is 19.8 Å². The van der Waals surface area contributed by atoms with Crippen LogP contribution in [0.25, 0.3) is 0 Å². The Bertz CT molecular complexity index is 442. The van der Waals surface area contributed by atoms with Crippen LogP contribution in [0.15, 0.2) is 30.3 Å². The second-order valence-electron chi connectivity index (χ2n) is 4.12. The predicted octanol–water partition coefficient (Wildman–Crippen LogP) is 0.344. The monoisotopic (exact) mass is 265 g/mol. The van der Waals surface area contributed by atoms with Gasteiger partial charge in [-0.05, 0) is 5.56 Å². The van der Waals surface area contributed by atoms with Gasteiger partial charge in [-0.15, -0.1) is 0 Å². The van der Waals surface area contributed by atoms with Crippen LogP contribution in [0.5, 0.6) is 0 Å². The lowest BCUT2D eigenvalue weighted by Gasteiger charge is -2.24. The average molecular weight is 265 g/mol. The summed E-state index contributed by atoms with van der Waals surface area (Å²) < 4.78 is 10.3. The Morgan fingerprint density at radius 1 is 1.26 bits per heavy atom. The number of benzene rings is 1. The second kappa shape index (κ2) is 6.31. The number of nitrogens with one attached hydrogen (secondary N) is 1. The summed E-state index contributed by atoms with van der Waals surface area (Å²) in [4.78, 5) is 23.1. The van der Waals surface area contributed by atoms with Crippen molar-refractivity contribution in [1.82, 2.24) is 5.32 Å². The zero-order valence-corrected chi connectivity index (χ0v) is 10.2. The standard InChI is InChI=1S/C13H15NO5/c15-12(10-8-18-6-7-19-10)14-11(13(16)17)9-4-2-1-3-5-9/h1-5,10-11H,6-8H2,(H,14,15)(H,16,17)/t10?,11-/m0/s1. The molecule has 0 radical (unpaired) electrons. The first-order valence-electron chi connectivity index (χ1n) is 5.96. The van der Waals surface area contributed by atoms with E-state index in [1.165, 1.54) is 0 Å². The van der Waals surface area contributed by atoms with Crippen LogP contribution in [0.2, 0.25) is 0 Å². The molecule has 1 saturated heterocycles. The van der Waals surface area contributed by atoms with Crippen LogP contribution >= 0.6 is 0 Å². The van der Waals surface area contributed by atoms with Crippen molar-refractivity contribution in [2.45, 2.75) is 12.1 Å². The van der Waals surface area contributed by atoms with Gasteiger partial charge in [-0.2, -0.15) is 0 Å². The molecule has 0 aromatic heterocycles. The van der Waals surface area contributed by atoms with Crippen molar-refractivity contribution in [3.8, 4) is 0 Å².